The van der Waals surface area contributed by atoms with Gasteiger partial charge in [0.05, 0.1) is 25.6 Å². The standard InChI is InChI=1S/C24H24N4O4S/c1-14-18(12-16-8-6-5-7-9-16)23(30)28(27-14)24-25-15(2)21(33-24)22(29)26-19-11-10-17(31-3)13-20(19)32-4/h5-11,13,27H,12H2,1-4H3,(H,26,29). The smallest absolute Gasteiger partial charge is 0.277 e. The number of nitrogens with one attached hydrogen (secondary N) is 2. The van der Waals surface area contributed by atoms with Crippen LogP contribution in [0.1, 0.15) is 32.2 Å². The van der Waals surface area contributed by atoms with Crippen LogP contribution in [0.4, 0.5) is 5.69 Å². The van der Waals surface area contributed by atoms with Crippen LogP contribution < -0.4 is 20.3 Å². The van der Waals surface area contributed by atoms with Crippen molar-refractivity contribution in [3.05, 3.63) is 86.3 Å². The summed E-state index contributed by atoms with van der Waals surface area (Å²) in [7, 11) is 3.08. The second-order valence-electron chi connectivity index (χ2n) is 7.45. The Morgan fingerprint density at radius 3 is 2.58 bits per heavy atom. The fourth-order valence-corrected chi connectivity index (χ4v) is 4.42. The largest absolute Gasteiger partial charge is 0.497 e. The number of methoxy groups -OCH3 is 2. The molecule has 0 spiro atoms. The Labute approximate surface area is 194 Å². The summed E-state index contributed by atoms with van der Waals surface area (Å²) < 4.78 is 11.9. The first kappa shape index (κ1) is 22.3. The summed E-state index contributed by atoms with van der Waals surface area (Å²) >= 11 is 1.15. The summed E-state index contributed by atoms with van der Waals surface area (Å²) in [4.78, 5) is 30.9. The van der Waals surface area contributed by atoms with Crippen LogP contribution in [0.3, 0.4) is 0 Å². The van der Waals surface area contributed by atoms with E-state index in [1.807, 2.05) is 37.3 Å². The van der Waals surface area contributed by atoms with Crippen LogP contribution in [0, 0.1) is 13.8 Å². The lowest BCUT2D eigenvalue weighted by Gasteiger charge is -2.11. The summed E-state index contributed by atoms with van der Waals surface area (Å²) in [6, 6.07) is 14.9. The van der Waals surface area contributed by atoms with Gasteiger partial charge in [-0.3, -0.25) is 14.7 Å². The molecule has 0 aliphatic rings. The number of benzene rings is 2. The van der Waals surface area contributed by atoms with Crippen molar-refractivity contribution < 1.29 is 14.3 Å². The molecule has 0 bridgehead atoms. The van der Waals surface area contributed by atoms with E-state index in [4.69, 9.17) is 9.47 Å². The zero-order valence-corrected chi connectivity index (χ0v) is 19.6. The molecule has 2 aromatic heterocycles. The van der Waals surface area contributed by atoms with Gasteiger partial charge in [-0.15, -0.1) is 0 Å². The highest BCUT2D eigenvalue weighted by molar-refractivity contribution is 7.16. The maximum absolute atomic E-state index is 13.1. The van der Waals surface area contributed by atoms with E-state index >= 15 is 0 Å². The molecule has 0 unspecified atom stereocenters. The van der Waals surface area contributed by atoms with E-state index in [-0.39, 0.29) is 11.5 Å². The average Bonchev–Trinajstić information content (AvgIpc) is 3.34. The second-order valence-corrected chi connectivity index (χ2v) is 8.43. The van der Waals surface area contributed by atoms with Gasteiger partial charge < -0.3 is 14.8 Å². The molecular weight excluding hydrogens is 440 g/mol. The number of ether oxygens (including phenoxy) is 2. The first-order valence-corrected chi connectivity index (χ1v) is 11.1. The number of rotatable bonds is 7. The van der Waals surface area contributed by atoms with E-state index in [9.17, 15) is 9.59 Å². The number of anilines is 1. The number of hydrogen-bond acceptors (Lipinski definition) is 6. The predicted molar refractivity (Wildman–Crippen MR) is 128 cm³/mol. The quantitative estimate of drug-likeness (QED) is 0.429. The van der Waals surface area contributed by atoms with Gasteiger partial charge in [-0.25, -0.2) is 4.98 Å². The number of aromatic amines is 1. The topological polar surface area (TPSA) is 98.2 Å². The first-order chi connectivity index (χ1) is 15.9. The Morgan fingerprint density at radius 1 is 1.12 bits per heavy atom. The number of thiazole rings is 1. The second kappa shape index (κ2) is 9.33. The third-order valence-electron chi connectivity index (χ3n) is 5.26. The van der Waals surface area contributed by atoms with Gasteiger partial charge in [0.15, 0.2) is 0 Å². The van der Waals surface area contributed by atoms with Gasteiger partial charge in [-0.2, -0.15) is 4.68 Å². The molecule has 1 amide bonds. The third-order valence-corrected chi connectivity index (χ3v) is 6.40. The number of amides is 1. The highest BCUT2D eigenvalue weighted by Gasteiger charge is 2.21. The molecule has 0 radical (unpaired) electrons. The molecule has 8 nitrogen and oxygen atoms in total. The van der Waals surface area contributed by atoms with E-state index in [0.717, 1.165) is 22.6 Å². The molecule has 9 heteroatoms. The number of nitrogens with zero attached hydrogens (tertiary/aromatic N) is 2. The number of carbonyl (C=O) groups excluding carboxylic acids is 1. The molecular formula is C24H24N4O4S. The summed E-state index contributed by atoms with van der Waals surface area (Å²) in [6.45, 7) is 3.60. The van der Waals surface area contributed by atoms with Crippen LogP contribution in [0.25, 0.3) is 5.13 Å². The lowest BCUT2D eigenvalue weighted by Crippen LogP contribution is -2.17. The Hall–Kier alpha value is -3.85. The van der Waals surface area contributed by atoms with Crippen molar-refractivity contribution in [1.82, 2.24) is 14.8 Å². The summed E-state index contributed by atoms with van der Waals surface area (Å²) in [5.41, 5.74) is 3.36. The molecule has 2 aromatic carbocycles. The Kier molecular flexibility index (Phi) is 6.32. The SMILES string of the molecule is COc1ccc(NC(=O)c2sc(-n3[nH]c(C)c(Cc4ccccc4)c3=O)nc2C)c(OC)c1. The highest BCUT2D eigenvalue weighted by atomic mass is 32.1. The van der Waals surface area contributed by atoms with Crippen molar-refractivity contribution >= 4 is 22.9 Å². The first-order valence-electron chi connectivity index (χ1n) is 10.3. The van der Waals surface area contributed by atoms with Crippen LogP contribution >= 0.6 is 11.3 Å². The van der Waals surface area contributed by atoms with Crippen LogP contribution in [0.15, 0.2) is 53.3 Å². The van der Waals surface area contributed by atoms with Gasteiger partial charge >= 0.3 is 0 Å². The van der Waals surface area contributed by atoms with Gasteiger partial charge in [0.1, 0.15) is 16.4 Å². The third kappa shape index (κ3) is 4.54. The minimum atomic E-state index is -0.333. The molecule has 4 aromatic rings. The van der Waals surface area contributed by atoms with Gasteiger partial charge in [0, 0.05) is 23.7 Å². The van der Waals surface area contributed by atoms with E-state index in [1.165, 1.54) is 11.8 Å². The Bertz CT molecular complexity index is 1350. The molecule has 2 N–H and O–H groups in total. The van der Waals surface area contributed by atoms with E-state index < -0.39 is 0 Å². The lowest BCUT2D eigenvalue weighted by molar-refractivity contribution is 0.102. The molecule has 0 saturated heterocycles. The molecule has 2 heterocycles. The van der Waals surface area contributed by atoms with E-state index in [0.29, 0.717) is 44.9 Å². The fraction of sp³-hybridized carbons (Fsp3) is 0.208. The van der Waals surface area contributed by atoms with Crippen molar-refractivity contribution in [3.63, 3.8) is 0 Å². The van der Waals surface area contributed by atoms with Crippen molar-refractivity contribution in [2.45, 2.75) is 20.3 Å². The van der Waals surface area contributed by atoms with Crippen molar-refractivity contribution in [3.8, 4) is 16.6 Å². The molecule has 0 fully saturated rings. The maximum Gasteiger partial charge on any atom is 0.277 e. The summed E-state index contributed by atoms with van der Waals surface area (Å²) in [5.74, 6) is 0.765. The lowest BCUT2D eigenvalue weighted by atomic mass is 10.1. The number of hydrogen-bond donors (Lipinski definition) is 2. The van der Waals surface area contributed by atoms with Gasteiger partial charge in [-0.05, 0) is 31.5 Å². The molecule has 0 aliphatic carbocycles. The van der Waals surface area contributed by atoms with E-state index in [2.05, 4.69) is 15.4 Å². The predicted octanol–water partition coefficient (Wildman–Crippen LogP) is 4.10. The van der Waals surface area contributed by atoms with E-state index in [1.54, 1.807) is 32.2 Å². The van der Waals surface area contributed by atoms with Crippen molar-refractivity contribution in [1.29, 1.82) is 0 Å². The Morgan fingerprint density at radius 2 is 1.88 bits per heavy atom. The van der Waals surface area contributed by atoms with Crippen molar-refractivity contribution in [2.24, 2.45) is 0 Å². The molecule has 4 rings (SSSR count). The van der Waals surface area contributed by atoms with Crippen molar-refractivity contribution in [2.75, 3.05) is 19.5 Å². The number of aryl methyl sites for hydroxylation is 2. The normalized spacial score (nSPS) is 10.8. The number of H-pyrrole nitrogens is 1. The average molecular weight is 465 g/mol. The van der Waals surface area contributed by atoms with Gasteiger partial charge in [0.2, 0.25) is 5.13 Å². The molecule has 170 valence electrons. The van der Waals surface area contributed by atoms with Crippen LogP contribution in [0.5, 0.6) is 11.5 Å². The number of carbonyl (C=O) groups is 1. The minimum Gasteiger partial charge on any atom is -0.497 e. The number of aromatic nitrogens is 3. The zero-order valence-electron chi connectivity index (χ0n) is 18.8. The summed E-state index contributed by atoms with van der Waals surface area (Å²) in [6.07, 6.45) is 0.518. The molecule has 0 saturated carbocycles. The monoisotopic (exact) mass is 464 g/mol. The zero-order chi connectivity index (χ0) is 23.5. The maximum atomic E-state index is 13.1. The fourth-order valence-electron chi connectivity index (χ4n) is 3.49. The highest BCUT2D eigenvalue weighted by Crippen LogP contribution is 2.30. The van der Waals surface area contributed by atoms with Gasteiger partial charge in [-0.1, -0.05) is 41.7 Å². The Balaban J connectivity index is 1.61. The molecule has 33 heavy (non-hydrogen) atoms. The summed E-state index contributed by atoms with van der Waals surface area (Å²) in [5, 5.41) is 6.36. The molecule has 0 aliphatic heterocycles. The van der Waals surface area contributed by atoms with Crippen LogP contribution in [-0.4, -0.2) is 34.9 Å². The van der Waals surface area contributed by atoms with Crippen LogP contribution in [-0.2, 0) is 6.42 Å². The van der Waals surface area contributed by atoms with Gasteiger partial charge in [0.25, 0.3) is 11.5 Å². The minimum absolute atomic E-state index is 0.172. The van der Waals surface area contributed by atoms with Crippen LogP contribution in [0.2, 0.25) is 0 Å². The molecule has 0 atom stereocenters.